The Kier molecular flexibility index (Phi) is 5.27. The number of fused-ring (bicyclic) bond motifs is 1. The van der Waals surface area contributed by atoms with Gasteiger partial charge in [-0.1, -0.05) is 12.8 Å². The van der Waals surface area contributed by atoms with Crippen molar-refractivity contribution in [3.63, 3.8) is 0 Å². The van der Waals surface area contributed by atoms with E-state index in [0.717, 1.165) is 0 Å². The molecular formula is C16H34N3+. The fourth-order valence-electron chi connectivity index (χ4n) is 4.14. The summed E-state index contributed by atoms with van der Waals surface area (Å²) in [6.45, 7) is 9.62. The fraction of sp³-hybridized carbons (Fsp3) is 1.00. The standard InChI is InChI=1S/C10H20N2.C6H13N/c1-9(2,11)8-10-4-3-6-12(10)7-5-10;1-2-4-6-7-5-3-1/h3-8,11H2,1-2H3;7H,1-6H2/p+1. The Morgan fingerprint density at radius 3 is 2.16 bits per heavy atom. The van der Waals surface area contributed by atoms with Gasteiger partial charge in [0, 0.05) is 24.8 Å². The zero-order chi connectivity index (χ0) is 13.8. The average Bonchev–Trinajstić information content (AvgIpc) is 2.58. The van der Waals surface area contributed by atoms with Crippen LogP contribution in [0.25, 0.3) is 0 Å². The Morgan fingerprint density at radius 2 is 1.68 bits per heavy atom. The maximum atomic E-state index is 6.08. The fourth-order valence-corrected chi connectivity index (χ4v) is 4.14. The van der Waals surface area contributed by atoms with E-state index in [1.165, 1.54) is 77.5 Å². The Hall–Kier alpha value is -0.120. The molecule has 3 fully saturated rings. The molecular weight excluding hydrogens is 234 g/mol. The van der Waals surface area contributed by atoms with Gasteiger partial charge in [0.15, 0.2) is 0 Å². The summed E-state index contributed by atoms with van der Waals surface area (Å²) in [6, 6.07) is 0. The van der Waals surface area contributed by atoms with E-state index >= 15 is 0 Å². The Labute approximate surface area is 119 Å². The second-order valence-electron chi connectivity index (χ2n) is 7.57. The highest BCUT2D eigenvalue weighted by molar-refractivity contribution is 4.94. The summed E-state index contributed by atoms with van der Waals surface area (Å²) in [5, 5.41) is 3.35. The number of rotatable bonds is 2. The molecule has 0 aromatic rings. The van der Waals surface area contributed by atoms with Crippen LogP contribution in [0.3, 0.4) is 0 Å². The van der Waals surface area contributed by atoms with Crippen molar-refractivity contribution in [3.05, 3.63) is 0 Å². The molecule has 0 bridgehead atoms. The summed E-state index contributed by atoms with van der Waals surface area (Å²) < 4.78 is 0. The molecule has 0 amide bonds. The van der Waals surface area contributed by atoms with Crippen LogP contribution in [0, 0.1) is 0 Å². The van der Waals surface area contributed by atoms with Gasteiger partial charge in [0.05, 0.1) is 19.5 Å². The Bertz CT molecular complexity index is 252. The van der Waals surface area contributed by atoms with Gasteiger partial charge in [-0.2, -0.15) is 0 Å². The molecule has 0 radical (unpaired) electrons. The minimum absolute atomic E-state index is 0.0377. The SMILES string of the molecule is C1CCCNCC1.CC(C)(N)CC12CCC[NH+]1CC2. The van der Waals surface area contributed by atoms with Crippen molar-refractivity contribution in [3.8, 4) is 0 Å². The molecule has 3 aliphatic heterocycles. The van der Waals surface area contributed by atoms with Gasteiger partial charge in [-0.25, -0.2) is 0 Å². The normalized spacial score (nSPS) is 34.6. The summed E-state index contributed by atoms with van der Waals surface area (Å²) in [6.07, 6.45) is 11.1. The minimum Gasteiger partial charge on any atom is -0.330 e. The van der Waals surface area contributed by atoms with Crippen LogP contribution in [0.1, 0.15) is 65.2 Å². The lowest BCUT2D eigenvalue weighted by Crippen LogP contribution is -3.24. The van der Waals surface area contributed by atoms with Gasteiger partial charge in [0.1, 0.15) is 5.54 Å². The van der Waals surface area contributed by atoms with E-state index in [2.05, 4.69) is 19.2 Å². The maximum absolute atomic E-state index is 6.08. The Balaban J connectivity index is 0.000000163. The minimum atomic E-state index is 0.0377. The van der Waals surface area contributed by atoms with E-state index in [0.29, 0.717) is 5.54 Å². The molecule has 0 aromatic carbocycles. The van der Waals surface area contributed by atoms with Crippen molar-refractivity contribution in [2.45, 2.75) is 76.3 Å². The quantitative estimate of drug-likeness (QED) is 0.702. The second kappa shape index (κ2) is 6.55. The molecule has 4 N–H and O–H groups in total. The van der Waals surface area contributed by atoms with Gasteiger partial charge in [-0.15, -0.1) is 0 Å². The van der Waals surface area contributed by atoms with Crippen LogP contribution in [-0.4, -0.2) is 37.3 Å². The average molecular weight is 268 g/mol. The first kappa shape index (κ1) is 15.3. The van der Waals surface area contributed by atoms with Gasteiger partial charge >= 0.3 is 0 Å². The van der Waals surface area contributed by atoms with E-state index < -0.39 is 0 Å². The molecule has 3 rings (SSSR count). The molecule has 0 aromatic heterocycles. The van der Waals surface area contributed by atoms with Crippen molar-refractivity contribution in [2.75, 3.05) is 26.2 Å². The van der Waals surface area contributed by atoms with E-state index in [1.807, 2.05) is 4.90 Å². The second-order valence-corrected chi connectivity index (χ2v) is 7.57. The lowest BCUT2D eigenvalue weighted by Gasteiger charge is -2.47. The first-order valence-electron chi connectivity index (χ1n) is 8.37. The summed E-state index contributed by atoms with van der Waals surface area (Å²) >= 11 is 0. The summed E-state index contributed by atoms with van der Waals surface area (Å²) in [7, 11) is 0. The van der Waals surface area contributed by atoms with Crippen LogP contribution >= 0.6 is 0 Å². The number of quaternary nitrogens is 1. The molecule has 19 heavy (non-hydrogen) atoms. The van der Waals surface area contributed by atoms with Gasteiger partial charge < -0.3 is 16.0 Å². The third-order valence-corrected chi connectivity index (χ3v) is 5.04. The van der Waals surface area contributed by atoms with Crippen LogP contribution in [0.15, 0.2) is 0 Å². The van der Waals surface area contributed by atoms with E-state index in [-0.39, 0.29) is 5.54 Å². The topological polar surface area (TPSA) is 42.5 Å². The number of hydrogen-bond acceptors (Lipinski definition) is 2. The highest BCUT2D eigenvalue weighted by atomic mass is 15.3. The van der Waals surface area contributed by atoms with Crippen LogP contribution in [-0.2, 0) is 0 Å². The predicted molar refractivity (Wildman–Crippen MR) is 81.5 cm³/mol. The number of hydrogen-bond donors (Lipinski definition) is 3. The predicted octanol–water partition coefficient (Wildman–Crippen LogP) is 1.09. The first-order valence-corrected chi connectivity index (χ1v) is 8.37. The highest BCUT2D eigenvalue weighted by Gasteiger charge is 2.54. The molecule has 3 aliphatic rings. The molecule has 112 valence electrons. The van der Waals surface area contributed by atoms with Crippen molar-refractivity contribution in [1.29, 1.82) is 0 Å². The zero-order valence-corrected chi connectivity index (χ0v) is 13.1. The van der Waals surface area contributed by atoms with Crippen molar-refractivity contribution in [1.82, 2.24) is 5.32 Å². The molecule has 3 heteroatoms. The number of nitrogens with one attached hydrogen (secondary N) is 2. The summed E-state index contributed by atoms with van der Waals surface area (Å²) in [4.78, 5) is 1.83. The lowest BCUT2D eigenvalue weighted by atomic mass is 9.76. The molecule has 0 aliphatic carbocycles. The molecule has 3 heterocycles. The lowest BCUT2D eigenvalue weighted by molar-refractivity contribution is -0.984. The molecule has 2 unspecified atom stereocenters. The van der Waals surface area contributed by atoms with Crippen LogP contribution in [0.5, 0.6) is 0 Å². The van der Waals surface area contributed by atoms with Crippen molar-refractivity contribution < 1.29 is 4.90 Å². The smallest absolute Gasteiger partial charge is 0.105 e. The van der Waals surface area contributed by atoms with Crippen molar-refractivity contribution in [2.24, 2.45) is 5.73 Å². The summed E-state index contributed by atoms with van der Waals surface area (Å²) in [5.41, 5.74) is 6.73. The Morgan fingerprint density at radius 1 is 1.00 bits per heavy atom. The van der Waals surface area contributed by atoms with Gasteiger partial charge in [0.2, 0.25) is 0 Å². The zero-order valence-electron chi connectivity index (χ0n) is 13.1. The molecule has 3 nitrogen and oxygen atoms in total. The van der Waals surface area contributed by atoms with E-state index in [9.17, 15) is 0 Å². The molecule has 3 saturated heterocycles. The molecule has 0 saturated carbocycles. The molecule has 2 atom stereocenters. The monoisotopic (exact) mass is 268 g/mol. The third-order valence-electron chi connectivity index (χ3n) is 5.04. The molecule has 0 spiro atoms. The van der Waals surface area contributed by atoms with Crippen LogP contribution < -0.4 is 16.0 Å². The van der Waals surface area contributed by atoms with Gasteiger partial charge in [0.25, 0.3) is 0 Å². The van der Waals surface area contributed by atoms with Crippen molar-refractivity contribution >= 4 is 0 Å². The van der Waals surface area contributed by atoms with Crippen LogP contribution in [0.2, 0.25) is 0 Å². The van der Waals surface area contributed by atoms with Gasteiger partial charge in [-0.05, 0) is 39.8 Å². The number of nitrogens with two attached hydrogens (primary N) is 1. The largest absolute Gasteiger partial charge is 0.330 e. The first-order chi connectivity index (χ1) is 9.02. The maximum Gasteiger partial charge on any atom is 0.105 e. The van der Waals surface area contributed by atoms with E-state index in [1.54, 1.807) is 0 Å². The third kappa shape index (κ3) is 4.44. The van der Waals surface area contributed by atoms with Crippen LogP contribution in [0.4, 0.5) is 0 Å². The highest BCUT2D eigenvalue weighted by Crippen LogP contribution is 2.31. The summed E-state index contributed by atoms with van der Waals surface area (Å²) in [5.74, 6) is 0. The van der Waals surface area contributed by atoms with Gasteiger partial charge in [-0.3, -0.25) is 0 Å². The van der Waals surface area contributed by atoms with E-state index in [4.69, 9.17) is 5.73 Å².